The number of anilines is 3. The second-order valence-corrected chi connectivity index (χ2v) is 19.1. The van der Waals surface area contributed by atoms with Gasteiger partial charge >= 0.3 is 0 Å². The molecule has 13 aromatic rings. The Kier molecular flexibility index (Phi) is 8.61. The van der Waals surface area contributed by atoms with E-state index in [1.165, 1.54) is 77.2 Å². The highest BCUT2D eigenvalue weighted by Crippen LogP contribution is 2.64. The molecule has 1 atom stereocenters. The molecule has 2 heteroatoms. The van der Waals surface area contributed by atoms with Gasteiger partial charge in [0.15, 0.2) is 0 Å². The van der Waals surface area contributed by atoms with E-state index in [0.29, 0.717) is 0 Å². The number of benzene rings is 12. The zero-order valence-electron chi connectivity index (χ0n) is 38.7. The molecule has 15 rings (SSSR count). The first-order valence-corrected chi connectivity index (χ1v) is 24.6. The molecular weight excluding hydrogens is 859 g/mol. The minimum atomic E-state index is -0.520. The first kappa shape index (κ1) is 39.7. The summed E-state index contributed by atoms with van der Waals surface area (Å²) in [6.45, 7) is 0. The van der Waals surface area contributed by atoms with Crippen molar-refractivity contribution in [2.75, 3.05) is 4.90 Å². The van der Waals surface area contributed by atoms with Crippen LogP contribution in [0.2, 0.25) is 0 Å². The highest BCUT2D eigenvalue weighted by molar-refractivity contribution is 6.11. The Bertz CT molecular complexity index is 4270. The van der Waals surface area contributed by atoms with Crippen LogP contribution < -0.4 is 4.90 Å². The van der Waals surface area contributed by atoms with E-state index < -0.39 is 5.41 Å². The molecule has 0 N–H and O–H groups in total. The SMILES string of the molecule is c1ccc(-c2ccc3c(c2)C2(c4ccccc4-3)c3ccccc3-c3ccc(N(c4ccc(-c5ccc6oc7c(-c8ccccc8)cccc7c6c5)cc4)c4ccc5c(ccc6ccccc65)c4)cc32)cc1. The molecule has 0 saturated carbocycles. The van der Waals surface area contributed by atoms with Crippen LogP contribution >= 0.6 is 0 Å². The Morgan fingerprint density at radius 3 is 1.58 bits per heavy atom. The molecule has 0 saturated heterocycles. The number of fused-ring (bicyclic) bond motifs is 16. The maximum atomic E-state index is 6.58. The lowest BCUT2D eigenvalue weighted by Crippen LogP contribution is -2.26. The number of nitrogens with zero attached hydrogens (tertiary/aromatic N) is 1. The van der Waals surface area contributed by atoms with E-state index >= 15 is 0 Å². The third-order valence-electron chi connectivity index (χ3n) is 15.5. The first-order valence-electron chi connectivity index (χ1n) is 24.6. The van der Waals surface area contributed by atoms with Gasteiger partial charge in [0, 0.05) is 33.4 Å². The summed E-state index contributed by atoms with van der Waals surface area (Å²) in [5.74, 6) is 0. The lowest BCUT2D eigenvalue weighted by molar-refractivity contribution is 0.670. The summed E-state index contributed by atoms with van der Waals surface area (Å²) < 4.78 is 6.58. The Morgan fingerprint density at radius 2 is 0.789 bits per heavy atom. The van der Waals surface area contributed by atoms with Gasteiger partial charge in [-0.15, -0.1) is 0 Å². The molecule has 2 aliphatic carbocycles. The van der Waals surface area contributed by atoms with Crippen molar-refractivity contribution in [2.45, 2.75) is 5.41 Å². The zero-order valence-corrected chi connectivity index (χ0v) is 38.7. The van der Waals surface area contributed by atoms with Gasteiger partial charge in [-0.2, -0.15) is 0 Å². The molecular formula is C69H43NO. The number of hydrogen-bond donors (Lipinski definition) is 0. The average molecular weight is 902 g/mol. The quantitative estimate of drug-likeness (QED) is 0.155. The first-order chi connectivity index (χ1) is 35.2. The molecule has 0 bridgehead atoms. The van der Waals surface area contributed by atoms with E-state index in [4.69, 9.17) is 4.42 Å². The van der Waals surface area contributed by atoms with E-state index in [9.17, 15) is 0 Å². The molecule has 0 radical (unpaired) electrons. The number of rotatable bonds is 6. The number of furan rings is 1. The van der Waals surface area contributed by atoms with Crippen molar-refractivity contribution >= 4 is 60.5 Å². The fourth-order valence-electron chi connectivity index (χ4n) is 12.3. The summed E-state index contributed by atoms with van der Waals surface area (Å²) >= 11 is 0. The van der Waals surface area contributed by atoms with Crippen LogP contribution in [0.1, 0.15) is 22.3 Å². The molecule has 2 aliphatic rings. The van der Waals surface area contributed by atoms with Gasteiger partial charge in [-0.3, -0.25) is 0 Å². The summed E-state index contributed by atoms with van der Waals surface area (Å²) in [6.07, 6.45) is 0. The van der Waals surface area contributed by atoms with Crippen molar-refractivity contribution in [1.82, 2.24) is 0 Å². The molecule has 0 aliphatic heterocycles. The predicted molar refractivity (Wildman–Crippen MR) is 296 cm³/mol. The molecule has 330 valence electrons. The van der Waals surface area contributed by atoms with Crippen LogP contribution in [0.5, 0.6) is 0 Å². The van der Waals surface area contributed by atoms with Gasteiger partial charge < -0.3 is 9.32 Å². The van der Waals surface area contributed by atoms with Crippen molar-refractivity contribution in [3.8, 4) is 55.6 Å². The third-order valence-corrected chi connectivity index (χ3v) is 15.5. The van der Waals surface area contributed by atoms with Gasteiger partial charge in [-0.1, -0.05) is 206 Å². The van der Waals surface area contributed by atoms with Gasteiger partial charge in [0.05, 0.1) is 5.41 Å². The minimum absolute atomic E-state index is 0.520. The molecule has 0 fully saturated rings. The number of para-hydroxylation sites is 1. The highest BCUT2D eigenvalue weighted by Gasteiger charge is 2.52. The topological polar surface area (TPSA) is 16.4 Å². The smallest absolute Gasteiger partial charge is 0.143 e. The van der Waals surface area contributed by atoms with Gasteiger partial charge in [0.2, 0.25) is 0 Å². The van der Waals surface area contributed by atoms with Crippen molar-refractivity contribution in [3.63, 3.8) is 0 Å². The van der Waals surface area contributed by atoms with Crippen LogP contribution in [0.25, 0.3) is 99.1 Å². The summed E-state index contributed by atoms with van der Waals surface area (Å²) in [5, 5.41) is 7.19. The van der Waals surface area contributed by atoms with E-state index in [1.54, 1.807) is 0 Å². The third kappa shape index (κ3) is 5.89. The summed E-state index contributed by atoms with van der Waals surface area (Å²) in [4.78, 5) is 2.45. The summed E-state index contributed by atoms with van der Waals surface area (Å²) in [5.41, 5.74) is 22.0. The van der Waals surface area contributed by atoms with Crippen molar-refractivity contribution in [3.05, 3.63) is 283 Å². The minimum Gasteiger partial charge on any atom is -0.455 e. The van der Waals surface area contributed by atoms with Crippen molar-refractivity contribution in [2.24, 2.45) is 0 Å². The Labute approximate surface area is 412 Å². The monoisotopic (exact) mass is 901 g/mol. The highest BCUT2D eigenvalue weighted by atomic mass is 16.3. The molecule has 0 amide bonds. The lowest BCUT2D eigenvalue weighted by Gasteiger charge is -2.32. The predicted octanol–water partition coefficient (Wildman–Crippen LogP) is 18.7. The normalized spacial score (nSPS) is 14.3. The Morgan fingerprint density at radius 1 is 0.268 bits per heavy atom. The average Bonchev–Trinajstić information content (AvgIpc) is 4.08. The second-order valence-electron chi connectivity index (χ2n) is 19.1. The fraction of sp³-hybridized carbons (Fsp3) is 0.0145. The van der Waals surface area contributed by atoms with Crippen LogP contribution in [-0.4, -0.2) is 0 Å². The van der Waals surface area contributed by atoms with E-state index in [2.05, 4.69) is 266 Å². The summed E-state index contributed by atoms with van der Waals surface area (Å²) in [7, 11) is 0. The van der Waals surface area contributed by atoms with Gasteiger partial charge in [-0.25, -0.2) is 0 Å². The van der Waals surface area contributed by atoms with Crippen molar-refractivity contribution < 1.29 is 4.42 Å². The molecule has 1 spiro atoms. The number of hydrogen-bond acceptors (Lipinski definition) is 2. The van der Waals surface area contributed by atoms with E-state index in [0.717, 1.165) is 61.3 Å². The molecule has 1 unspecified atom stereocenters. The van der Waals surface area contributed by atoms with Crippen LogP contribution in [-0.2, 0) is 5.41 Å². The Hall–Kier alpha value is -9.24. The van der Waals surface area contributed by atoms with Crippen LogP contribution in [0.3, 0.4) is 0 Å². The fourth-order valence-corrected chi connectivity index (χ4v) is 12.3. The van der Waals surface area contributed by atoms with Gasteiger partial charge in [0.1, 0.15) is 11.2 Å². The Balaban J connectivity index is 0.912. The molecule has 71 heavy (non-hydrogen) atoms. The maximum absolute atomic E-state index is 6.58. The maximum Gasteiger partial charge on any atom is 0.143 e. The van der Waals surface area contributed by atoms with Gasteiger partial charge in [0.25, 0.3) is 0 Å². The van der Waals surface area contributed by atoms with E-state index in [-0.39, 0.29) is 0 Å². The zero-order chi connectivity index (χ0) is 46.6. The largest absolute Gasteiger partial charge is 0.455 e. The standard InChI is InChI=1S/C69H43NO/c1-3-14-44(15-4-1)49-30-36-59-57-20-9-11-24-63(57)69(65(59)42-49)64-25-12-10-21-58(64)60-38-35-53(43-66(60)69)70(52-34-37-55-50(40-52)27-26-47-18-7-8-19-54(47)55)51-32-28-45(29-33-51)48-31-39-67-62(41-48)61-23-13-22-56(68(61)71-67)46-16-5-2-6-17-46/h1-43H. The lowest BCUT2D eigenvalue weighted by atomic mass is 9.70. The van der Waals surface area contributed by atoms with Crippen LogP contribution in [0.4, 0.5) is 17.1 Å². The van der Waals surface area contributed by atoms with Crippen LogP contribution in [0.15, 0.2) is 265 Å². The van der Waals surface area contributed by atoms with Gasteiger partial charge in [-0.05, 0) is 148 Å². The van der Waals surface area contributed by atoms with E-state index in [1.807, 2.05) is 0 Å². The second kappa shape index (κ2) is 15.4. The van der Waals surface area contributed by atoms with Crippen LogP contribution in [0, 0.1) is 0 Å². The molecule has 2 nitrogen and oxygen atoms in total. The molecule has 1 aromatic heterocycles. The van der Waals surface area contributed by atoms with Crippen molar-refractivity contribution in [1.29, 1.82) is 0 Å². The molecule has 12 aromatic carbocycles. The molecule has 1 heterocycles. The summed E-state index contributed by atoms with van der Waals surface area (Å²) in [6, 6.07) is 96.2.